The Kier molecular flexibility index (Phi) is 5.79. The maximum Gasteiger partial charge on any atom is 0.191 e. The fourth-order valence-corrected chi connectivity index (χ4v) is 2.43. The van der Waals surface area contributed by atoms with Crippen molar-refractivity contribution in [1.29, 1.82) is 0 Å². The monoisotopic (exact) mass is 244 g/mol. The lowest BCUT2D eigenvalue weighted by atomic mass is 10.4. The van der Waals surface area contributed by atoms with Gasteiger partial charge < -0.3 is 15.0 Å². The van der Waals surface area contributed by atoms with E-state index in [1.165, 1.54) is 0 Å². The second-order valence-corrected chi connectivity index (χ2v) is 5.04. The maximum absolute atomic E-state index is 5.63. The summed E-state index contributed by atoms with van der Waals surface area (Å²) < 4.78 is 7.20. The highest BCUT2D eigenvalue weighted by Crippen LogP contribution is 2.22. The van der Waals surface area contributed by atoms with E-state index >= 15 is 0 Å². The molecular formula is C10H20N4OS. The molecule has 0 saturated carbocycles. The van der Waals surface area contributed by atoms with Gasteiger partial charge in [-0.05, 0) is 6.42 Å². The molecule has 92 valence electrons. The molecule has 0 aromatic carbocycles. The van der Waals surface area contributed by atoms with E-state index in [2.05, 4.69) is 28.6 Å². The van der Waals surface area contributed by atoms with Gasteiger partial charge in [0.1, 0.15) is 5.82 Å². The second kappa shape index (κ2) is 6.88. The van der Waals surface area contributed by atoms with Crippen LogP contribution in [0.3, 0.4) is 0 Å². The summed E-state index contributed by atoms with van der Waals surface area (Å²) in [5.74, 6) is 0.856. The molecule has 1 unspecified atom stereocenters. The summed E-state index contributed by atoms with van der Waals surface area (Å²) >= 11 is 1.68. The predicted octanol–water partition coefficient (Wildman–Crippen LogP) is 1.27. The Labute approximate surface area is 101 Å². The topological polar surface area (TPSA) is 66.0 Å². The zero-order chi connectivity index (χ0) is 12.0. The lowest BCUT2D eigenvalue weighted by Crippen LogP contribution is -2.11. The van der Waals surface area contributed by atoms with Gasteiger partial charge in [-0.15, -0.1) is 10.2 Å². The van der Waals surface area contributed by atoms with E-state index < -0.39 is 0 Å². The summed E-state index contributed by atoms with van der Waals surface area (Å²) in [5, 5.41) is 9.57. The molecule has 5 nitrogen and oxygen atoms in total. The first-order valence-electron chi connectivity index (χ1n) is 5.50. The number of thioether (sulfide) groups is 1. The first kappa shape index (κ1) is 13.5. The minimum Gasteiger partial charge on any atom is -0.384 e. The van der Waals surface area contributed by atoms with E-state index in [0.29, 0.717) is 18.4 Å². The van der Waals surface area contributed by atoms with E-state index in [4.69, 9.17) is 10.5 Å². The standard InChI is InChI=1S/C10H20N4OS/c1-4-5-14-9(6-11)12-13-10(14)16-8(2)7-15-3/h8H,4-7,11H2,1-3H3. The van der Waals surface area contributed by atoms with Crippen LogP contribution in [0, 0.1) is 0 Å². The Morgan fingerprint density at radius 1 is 1.50 bits per heavy atom. The first-order chi connectivity index (χ1) is 7.72. The molecule has 0 spiro atoms. The Morgan fingerprint density at radius 3 is 2.81 bits per heavy atom. The van der Waals surface area contributed by atoms with Gasteiger partial charge in [-0.25, -0.2) is 0 Å². The van der Waals surface area contributed by atoms with Gasteiger partial charge in [0.2, 0.25) is 0 Å². The Bertz CT molecular complexity index is 316. The highest BCUT2D eigenvalue weighted by molar-refractivity contribution is 7.99. The fourth-order valence-electron chi connectivity index (χ4n) is 1.45. The minimum absolute atomic E-state index is 0.371. The summed E-state index contributed by atoms with van der Waals surface area (Å²) in [4.78, 5) is 0. The van der Waals surface area contributed by atoms with Crippen LogP contribution in [0.2, 0.25) is 0 Å². The molecule has 0 saturated heterocycles. The van der Waals surface area contributed by atoms with E-state index in [9.17, 15) is 0 Å². The molecule has 0 aliphatic heterocycles. The summed E-state index contributed by atoms with van der Waals surface area (Å²) in [6.45, 7) is 6.31. The number of ether oxygens (including phenoxy) is 1. The van der Waals surface area contributed by atoms with E-state index in [1.807, 2.05) is 0 Å². The van der Waals surface area contributed by atoms with Crippen molar-refractivity contribution in [2.45, 2.75) is 43.8 Å². The molecule has 1 rings (SSSR count). The molecule has 16 heavy (non-hydrogen) atoms. The third-order valence-corrected chi connectivity index (χ3v) is 3.18. The van der Waals surface area contributed by atoms with Crippen molar-refractivity contribution >= 4 is 11.8 Å². The second-order valence-electron chi connectivity index (χ2n) is 3.64. The van der Waals surface area contributed by atoms with Gasteiger partial charge in [-0.1, -0.05) is 25.6 Å². The highest BCUT2D eigenvalue weighted by Gasteiger charge is 2.13. The van der Waals surface area contributed by atoms with Crippen LogP contribution < -0.4 is 5.73 Å². The fraction of sp³-hybridized carbons (Fsp3) is 0.800. The van der Waals surface area contributed by atoms with Crippen LogP contribution in [0.5, 0.6) is 0 Å². The minimum atomic E-state index is 0.371. The van der Waals surface area contributed by atoms with Gasteiger partial charge >= 0.3 is 0 Å². The van der Waals surface area contributed by atoms with E-state index in [0.717, 1.165) is 23.9 Å². The van der Waals surface area contributed by atoms with Crippen LogP contribution in [0.4, 0.5) is 0 Å². The van der Waals surface area contributed by atoms with Crippen LogP contribution in [-0.4, -0.2) is 33.7 Å². The van der Waals surface area contributed by atoms with E-state index in [-0.39, 0.29) is 0 Å². The number of nitrogens with two attached hydrogens (primary N) is 1. The maximum atomic E-state index is 5.63. The molecule has 6 heteroatoms. The molecule has 1 aromatic heterocycles. The number of aromatic nitrogens is 3. The Balaban J connectivity index is 2.74. The molecular weight excluding hydrogens is 224 g/mol. The number of methoxy groups -OCH3 is 1. The van der Waals surface area contributed by atoms with Gasteiger partial charge in [0.05, 0.1) is 13.2 Å². The summed E-state index contributed by atoms with van der Waals surface area (Å²) in [5.41, 5.74) is 5.63. The third-order valence-electron chi connectivity index (χ3n) is 2.13. The van der Waals surface area contributed by atoms with Crippen LogP contribution in [0.25, 0.3) is 0 Å². The molecule has 2 N–H and O–H groups in total. The molecule has 0 aliphatic rings. The average Bonchev–Trinajstić information content (AvgIpc) is 2.62. The van der Waals surface area contributed by atoms with Crippen molar-refractivity contribution in [3.8, 4) is 0 Å². The Hall–Kier alpha value is -0.590. The van der Waals surface area contributed by atoms with E-state index in [1.54, 1.807) is 18.9 Å². The van der Waals surface area contributed by atoms with Crippen molar-refractivity contribution < 1.29 is 4.74 Å². The highest BCUT2D eigenvalue weighted by atomic mass is 32.2. The zero-order valence-electron chi connectivity index (χ0n) is 10.1. The van der Waals surface area contributed by atoms with Crippen LogP contribution in [0.1, 0.15) is 26.1 Å². The number of hydrogen-bond donors (Lipinski definition) is 1. The molecule has 0 fully saturated rings. The average molecular weight is 244 g/mol. The molecule has 1 heterocycles. The Morgan fingerprint density at radius 2 is 2.25 bits per heavy atom. The zero-order valence-corrected chi connectivity index (χ0v) is 11.0. The largest absolute Gasteiger partial charge is 0.384 e. The lowest BCUT2D eigenvalue weighted by molar-refractivity contribution is 0.203. The number of nitrogens with zero attached hydrogens (tertiary/aromatic N) is 3. The SMILES string of the molecule is CCCn1c(CN)nnc1SC(C)COC. The quantitative estimate of drug-likeness (QED) is 0.732. The number of hydrogen-bond acceptors (Lipinski definition) is 5. The first-order valence-corrected chi connectivity index (χ1v) is 6.38. The van der Waals surface area contributed by atoms with Crippen LogP contribution in [0.15, 0.2) is 5.16 Å². The molecule has 0 amide bonds. The lowest BCUT2D eigenvalue weighted by Gasteiger charge is -2.11. The van der Waals surface area contributed by atoms with Gasteiger partial charge in [0.25, 0.3) is 0 Å². The van der Waals surface area contributed by atoms with Crippen molar-refractivity contribution in [3.63, 3.8) is 0 Å². The molecule has 1 atom stereocenters. The number of rotatable bonds is 7. The van der Waals surface area contributed by atoms with Crippen molar-refractivity contribution in [2.24, 2.45) is 5.73 Å². The van der Waals surface area contributed by atoms with Crippen molar-refractivity contribution in [1.82, 2.24) is 14.8 Å². The van der Waals surface area contributed by atoms with Gasteiger partial charge in [-0.3, -0.25) is 0 Å². The predicted molar refractivity (Wildman–Crippen MR) is 65.4 cm³/mol. The molecule has 0 bridgehead atoms. The van der Waals surface area contributed by atoms with Crippen LogP contribution >= 0.6 is 11.8 Å². The van der Waals surface area contributed by atoms with Crippen molar-refractivity contribution in [2.75, 3.05) is 13.7 Å². The van der Waals surface area contributed by atoms with Crippen molar-refractivity contribution in [3.05, 3.63) is 5.82 Å². The normalized spacial score (nSPS) is 13.0. The molecule has 0 radical (unpaired) electrons. The summed E-state index contributed by atoms with van der Waals surface area (Å²) in [6.07, 6.45) is 1.05. The molecule has 1 aromatic rings. The van der Waals surface area contributed by atoms with Gasteiger partial charge in [0.15, 0.2) is 5.16 Å². The summed E-state index contributed by atoms with van der Waals surface area (Å²) in [6, 6.07) is 0. The smallest absolute Gasteiger partial charge is 0.191 e. The van der Waals surface area contributed by atoms with Gasteiger partial charge in [0, 0.05) is 18.9 Å². The van der Waals surface area contributed by atoms with Crippen LogP contribution in [-0.2, 0) is 17.8 Å². The third kappa shape index (κ3) is 3.47. The molecule has 0 aliphatic carbocycles. The summed E-state index contributed by atoms with van der Waals surface area (Å²) in [7, 11) is 1.71. The van der Waals surface area contributed by atoms with Gasteiger partial charge in [-0.2, -0.15) is 0 Å².